The van der Waals surface area contributed by atoms with E-state index in [4.69, 9.17) is 4.74 Å². The molecule has 104 valence electrons. The molecule has 1 aliphatic rings. The third kappa shape index (κ3) is 3.54. The number of hydrogen-bond acceptors (Lipinski definition) is 5. The van der Waals surface area contributed by atoms with Crippen molar-refractivity contribution < 1.29 is 17.9 Å². The summed E-state index contributed by atoms with van der Waals surface area (Å²) in [5, 5.41) is 3.23. The summed E-state index contributed by atoms with van der Waals surface area (Å²) in [6.07, 6.45) is 1.70. The Hall–Kier alpha value is -1.40. The molecule has 0 amide bonds. The van der Waals surface area contributed by atoms with Gasteiger partial charge in [0.1, 0.15) is 6.10 Å². The predicted octanol–water partition coefficient (Wildman–Crippen LogP) is 1.06. The molecule has 2 rings (SSSR count). The minimum absolute atomic E-state index is 0.0195. The molecule has 1 aromatic rings. The van der Waals surface area contributed by atoms with Crippen molar-refractivity contribution >= 4 is 15.8 Å². The number of ether oxygens (including phenoxy) is 1. The summed E-state index contributed by atoms with van der Waals surface area (Å²) in [6.45, 7) is 1.98. The third-order valence-electron chi connectivity index (χ3n) is 3.11. The van der Waals surface area contributed by atoms with E-state index in [0.29, 0.717) is 17.9 Å². The van der Waals surface area contributed by atoms with Gasteiger partial charge in [-0.3, -0.25) is 4.79 Å². The summed E-state index contributed by atoms with van der Waals surface area (Å²) in [4.78, 5) is 11.2. The number of sulfone groups is 1. The number of carbonyl (C=O) groups is 1. The molecule has 1 heterocycles. The van der Waals surface area contributed by atoms with Crippen LogP contribution in [0.4, 0.5) is 0 Å². The van der Waals surface area contributed by atoms with E-state index in [2.05, 4.69) is 5.32 Å². The van der Waals surface area contributed by atoms with Gasteiger partial charge in [0, 0.05) is 32.2 Å². The van der Waals surface area contributed by atoms with Gasteiger partial charge in [-0.05, 0) is 17.7 Å². The number of esters is 1. The van der Waals surface area contributed by atoms with E-state index >= 15 is 0 Å². The van der Waals surface area contributed by atoms with Crippen molar-refractivity contribution in [2.24, 2.45) is 0 Å². The van der Waals surface area contributed by atoms with Crippen molar-refractivity contribution in [1.29, 1.82) is 0 Å². The SMILES string of the molecule is CC(=O)OC1CNC(c2cccc(S(C)(=O)=O)c2)C1. The average molecular weight is 283 g/mol. The zero-order chi connectivity index (χ0) is 14.0. The second kappa shape index (κ2) is 5.30. The Balaban J connectivity index is 2.14. The summed E-state index contributed by atoms with van der Waals surface area (Å²) >= 11 is 0. The number of rotatable bonds is 3. The molecule has 0 bridgehead atoms. The molecule has 6 heteroatoms. The first-order valence-electron chi connectivity index (χ1n) is 6.07. The normalized spacial score (nSPS) is 23.3. The van der Waals surface area contributed by atoms with Crippen LogP contribution in [-0.4, -0.2) is 33.3 Å². The van der Waals surface area contributed by atoms with Gasteiger partial charge in [-0.2, -0.15) is 0 Å². The van der Waals surface area contributed by atoms with Gasteiger partial charge in [-0.25, -0.2) is 8.42 Å². The summed E-state index contributed by atoms with van der Waals surface area (Å²) < 4.78 is 28.2. The van der Waals surface area contributed by atoms with Gasteiger partial charge in [0.15, 0.2) is 9.84 Å². The minimum Gasteiger partial charge on any atom is -0.461 e. The van der Waals surface area contributed by atoms with Crippen LogP contribution in [0.1, 0.15) is 24.9 Å². The van der Waals surface area contributed by atoms with Crippen LogP contribution in [0.25, 0.3) is 0 Å². The molecule has 0 saturated carbocycles. The first kappa shape index (κ1) is 14.0. The van der Waals surface area contributed by atoms with E-state index in [0.717, 1.165) is 5.56 Å². The molecule has 1 saturated heterocycles. The molecule has 2 unspecified atom stereocenters. The third-order valence-corrected chi connectivity index (χ3v) is 4.22. The van der Waals surface area contributed by atoms with Gasteiger partial charge in [-0.15, -0.1) is 0 Å². The minimum atomic E-state index is -3.20. The molecule has 1 aliphatic heterocycles. The first-order valence-corrected chi connectivity index (χ1v) is 7.96. The van der Waals surface area contributed by atoms with Crippen LogP contribution in [0, 0.1) is 0 Å². The van der Waals surface area contributed by atoms with Crippen molar-refractivity contribution in [3.8, 4) is 0 Å². The molecule has 5 nitrogen and oxygen atoms in total. The van der Waals surface area contributed by atoms with E-state index in [9.17, 15) is 13.2 Å². The molecule has 1 N–H and O–H groups in total. The molecule has 0 radical (unpaired) electrons. The number of nitrogens with one attached hydrogen (secondary N) is 1. The lowest BCUT2D eigenvalue weighted by atomic mass is 10.0. The highest BCUT2D eigenvalue weighted by Crippen LogP contribution is 2.26. The van der Waals surface area contributed by atoms with Crippen LogP contribution in [0.2, 0.25) is 0 Å². The van der Waals surface area contributed by atoms with Crippen molar-refractivity contribution in [3.63, 3.8) is 0 Å². The largest absolute Gasteiger partial charge is 0.461 e. The quantitative estimate of drug-likeness (QED) is 0.840. The van der Waals surface area contributed by atoms with Gasteiger partial charge >= 0.3 is 5.97 Å². The van der Waals surface area contributed by atoms with Crippen LogP contribution in [-0.2, 0) is 19.4 Å². The highest BCUT2D eigenvalue weighted by Gasteiger charge is 2.27. The Labute approximate surface area is 112 Å². The summed E-state index contributed by atoms with van der Waals surface area (Å²) in [7, 11) is -3.20. The second-order valence-corrected chi connectivity index (χ2v) is 6.79. The lowest BCUT2D eigenvalue weighted by molar-refractivity contribution is -0.145. The molecular weight excluding hydrogens is 266 g/mol. The number of benzene rings is 1. The van der Waals surface area contributed by atoms with Gasteiger partial charge in [-0.1, -0.05) is 12.1 Å². The van der Waals surface area contributed by atoms with Crippen molar-refractivity contribution in [1.82, 2.24) is 5.32 Å². The van der Waals surface area contributed by atoms with E-state index in [-0.39, 0.29) is 18.1 Å². The fourth-order valence-electron chi connectivity index (χ4n) is 2.24. The highest BCUT2D eigenvalue weighted by atomic mass is 32.2. The van der Waals surface area contributed by atoms with Crippen LogP contribution in [0.5, 0.6) is 0 Å². The maximum absolute atomic E-state index is 11.5. The van der Waals surface area contributed by atoms with Crippen LogP contribution in [0.15, 0.2) is 29.2 Å². The zero-order valence-corrected chi connectivity index (χ0v) is 11.7. The molecule has 0 aliphatic carbocycles. The maximum atomic E-state index is 11.5. The second-order valence-electron chi connectivity index (χ2n) is 4.77. The molecule has 19 heavy (non-hydrogen) atoms. The molecule has 1 aromatic carbocycles. The average Bonchev–Trinajstić information content (AvgIpc) is 2.76. The monoisotopic (exact) mass is 283 g/mol. The van der Waals surface area contributed by atoms with E-state index in [1.54, 1.807) is 18.2 Å². The van der Waals surface area contributed by atoms with Crippen LogP contribution < -0.4 is 5.32 Å². The van der Waals surface area contributed by atoms with E-state index < -0.39 is 9.84 Å². The van der Waals surface area contributed by atoms with E-state index in [1.807, 2.05) is 6.07 Å². The molecule has 2 atom stereocenters. The van der Waals surface area contributed by atoms with Gasteiger partial charge in [0.25, 0.3) is 0 Å². The fourth-order valence-corrected chi connectivity index (χ4v) is 2.92. The summed E-state index contributed by atoms with van der Waals surface area (Å²) in [5.41, 5.74) is 0.901. The van der Waals surface area contributed by atoms with Gasteiger partial charge in [0.05, 0.1) is 4.90 Å². The fraction of sp³-hybridized carbons (Fsp3) is 0.462. The highest BCUT2D eigenvalue weighted by molar-refractivity contribution is 7.90. The van der Waals surface area contributed by atoms with E-state index in [1.165, 1.54) is 13.2 Å². The van der Waals surface area contributed by atoms with Crippen LogP contribution in [0.3, 0.4) is 0 Å². The lowest BCUT2D eigenvalue weighted by Gasteiger charge is -2.12. The van der Waals surface area contributed by atoms with Gasteiger partial charge in [0.2, 0.25) is 0 Å². The molecule has 0 spiro atoms. The van der Waals surface area contributed by atoms with Crippen molar-refractivity contribution in [2.45, 2.75) is 30.4 Å². The van der Waals surface area contributed by atoms with Crippen LogP contribution >= 0.6 is 0 Å². The van der Waals surface area contributed by atoms with Gasteiger partial charge < -0.3 is 10.1 Å². The molecular formula is C13H17NO4S. The Bertz CT molecular complexity index is 582. The smallest absolute Gasteiger partial charge is 0.302 e. The zero-order valence-electron chi connectivity index (χ0n) is 10.9. The Morgan fingerprint density at radius 3 is 2.79 bits per heavy atom. The number of carbonyl (C=O) groups excluding carboxylic acids is 1. The predicted molar refractivity (Wildman–Crippen MR) is 70.5 cm³/mol. The first-order chi connectivity index (χ1) is 8.86. The maximum Gasteiger partial charge on any atom is 0.302 e. The molecule has 0 aromatic heterocycles. The molecule has 1 fully saturated rings. The summed E-state index contributed by atoms with van der Waals surface area (Å²) in [5.74, 6) is -0.294. The summed E-state index contributed by atoms with van der Waals surface area (Å²) in [6, 6.07) is 6.88. The number of hydrogen-bond donors (Lipinski definition) is 1. The van der Waals surface area contributed by atoms with Crippen molar-refractivity contribution in [3.05, 3.63) is 29.8 Å². The standard InChI is InChI=1S/C13H17NO4S/c1-9(15)18-11-7-13(14-8-11)10-4-3-5-12(6-10)19(2,16)17/h3-6,11,13-14H,7-8H2,1-2H3. The lowest BCUT2D eigenvalue weighted by Crippen LogP contribution is -2.19. The Kier molecular flexibility index (Phi) is 3.91. The Morgan fingerprint density at radius 1 is 1.42 bits per heavy atom. The Morgan fingerprint density at radius 2 is 2.16 bits per heavy atom. The topological polar surface area (TPSA) is 72.5 Å². The van der Waals surface area contributed by atoms with Crippen molar-refractivity contribution in [2.75, 3.05) is 12.8 Å².